The number of nitrogen functional groups attached to an aromatic ring is 1. The Kier molecular flexibility index (Phi) is 4.75. The number of nitrogens with zero attached hydrogens (tertiary/aromatic N) is 2. The molecule has 2 aromatic carbocycles. The van der Waals surface area contributed by atoms with Crippen molar-refractivity contribution in [1.82, 2.24) is 15.2 Å². The van der Waals surface area contributed by atoms with Crippen molar-refractivity contribution in [2.24, 2.45) is 0 Å². The fourth-order valence-electron chi connectivity index (χ4n) is 4.19. The second-order valence-electron chi connectivity index (χ2n) is 8.38. The van der Waals surface area contributed by atoms with E-state index in [4.69, 9.17) is 5.73 Å². The summed E-state index contributed by atoms with van der Waals surface area (Å²) in [6, 6.07) is 17.5. The predicted molar refractivity (Wildman–Crippen MR) is 120 cm³/mol. The van der Waals surface area contributed by atoms with Crippen LogP contribution in [0, 0.1) is 0 Å². The maximum absolute atomic E-state index is 12.0. The molecule has 1 amide bonds. The highest BCUT2D eigenvalue weighted by Gasteiger charge is 2.25. The molecule has 1 aliphatic heterocycles. The van der Waals surface area contributed by atoms with E-state index in [2.05, 4.69) is 58.6 Å². The third-order valence-electron chi connectivity index (χ3n) is 6.15. The van der Waals surface area contributed by atoms with Crippen LogP contribution in [0.3, 0.4) is 0 Å². The van der Waals surface area contributed by atoms with Crippen molar-refractivity contribution >= 4 is 11.7 Å². The molecule has 3 N–H and O–H groups in total. The van der Waals surface area contributed by atoms with Crippen LogP contribution in [0.5, 0.6) is 0 Å². The smallest absolute Gasteiger partial charge is 0.251 e. The van der Waals surface area contributed by atoms with Crippen molar-refractivity contribution < 1.29 is 4.79 Å². The van der Waals surface area contributed by atoms with Crippen LogP contribution in [-0.4, -0.2) is 35.4 Å². The molecule has 3 aromatic rings. The summed E-state index contributed by atoms with van der Waals surface area (Å²) >= 11 is 0. The van der Waals surface area contributed by atoms with E-state index in [-0.39, 0.29) is 5.91 Å². The minimum atomic E-state index is -0.00457. The molecular formula is C25H26N4O. The molecule has 1 aromatic heterocycles. The van der Waals surface area contributed by atoms with Gasteiger partial charge in [0.2, 0.25) is 0 Å². The highest BCUT2D eigenvalue weighted by molar-refractivity contribution is 5.97. The first-order chi connectivity index (χ1) is 14.6. The van der Waals surface area contributed by atoms with Crippen molar-refractivity contribution in [2.75, 3.05) is 19.3 Å². The van der Waals surface area contributed by atoms with Crippen LogP contribution in [0.4, 0.5) is 5.82 Å². The highest BCUT2D eigenvalue weighted by Crippen LogP contribution is 2.32. The lowest BCUT2D eigenvalue weighted by atomic mass is 9.94. The first-order valence-electron chi connectivity index (χ1n) is 10.5. The van der Waals surface area contributed by atoms with E-state index in [1.807, 2.05) is 18.3 Å². The lowest BCUT2D eigenvalue weighted by molar-refractivity contribution is 0.0946. The van der Waals surface area contributed by atoms with Crippen LogP contribution in [0.1, 0.15) is 34.3 Å². The second-order valence-corrected chi connectivity index (χ2v) is 8.38. The van der Waals surface area contributed by atoms with Crippen LogP contribution in [0.25, 0.3) is 22.3 Å². The van der Waals surface area contributed by atoms with E-state index >= 15 is 0 Å². The van der Waals surface area contributed by atoms with E-state index in [1.54, 1.807) is 0 Å². The number of anilines is 1. The Morgan fingerprint density at radius 3 is 2.57 bits per heavy atom. The average molecular weight is 399 g/mol. The van der Waals surface area contributed by atoms with Gasteiger partial charge in [-0.2, -0.15) is 0 Å². The van der Waals surface area contributed by atoms with Gasteiger partial charge >= 0.3 is 0 Å². The Morgan fingerprint density at radius 1 is 1.03 bits per heavy atom. The molecule has 5 heteroatoms. The summed E-state index contributed by atoms with van der Waals surface area (Å²) in [5, 5.41) is 2.89. The molecule has 2 heterocycles. The van der Waals surface area contributed by atoms with Crippen molar-refractivity contribution in [3.8, 4) is 22.3 Å². The van der Waals surface area contributed by atoms with Gasteiger partial charge in [-0.05, 0) is 60.7 Å². The van der Waals surface area contributed by atoms with E-state index in [9.17, 15) is 4.79 Å². The Hall–Kier alpha value is -3.18. The SMILES string of the molecule is CN(Cc1ccc(-c2cnc(N)c(-c3ccc4c(c3)CCNC4=O)c2)cc1)C1CC1. The van der Waals surface area contributed by atoms with Crippen molar-refractivity contribution in [1.29, 1.82) is 0 Å². The molecule has 1 saturated carbocycles. The van der Waals surface area contributed by atoms with E-state index in [0.717, 1.165) is 52.4 Å². The van der Waals surface area contributed by atoms with E-state index < -0.39 is 0 Å². The van der Waals surface area contributed by atoms with Crippen molar-refractivity contribution in [3.05, 3.63) is 71.4 Å². The molecular weight excluding hydrogens is 372 g/mol. The van der Waals surface area contributed by atoms with Gasteiger partial charge in [0.1, 0.15) is 5.82 Å². The number of nitrogens with one attached hydrogen (secondary N) is 1. The Morgan fingerprint density at radius 2 is 1.80 bits per heavy atom. The lowest BCUT2D eigenvalue weighted by Gasteiger charge is -2.18. The summed E-state index contributed by atoms with van der Waals surface area (Å²) < 4.78 is 0. The van der Waals surface area contributed by atoms with Gasteiger partial charge < -0.3 is 11.1 Å². The number of fused-ring (bicyclic) bond motifs is 1. The zero-order chi connectivity index (χ0) is 20.7. The van der Waals surface area contributed by atoms with Gasteiger partial charge in [0.05, 0.1) is 0 Å². The summed E-state index contributed by atoms with van der Waals surface area (Å²) in [5.74, 6) is 0.497. The zero-order valence-electron chi connectivity index (χ0n) is 17.2. The number of amides is 1. The van der Waals surface area contributed by atoms with Gasteiger partial charge in [-0.1, -0.05) is 36.4 Å². The molecule has 5 rings (SSSR count). The van der Waals surface area contributed by atoms with Gasteiger partial charge in [0.15, 0.2) is 0 Å². The predicted octanol–water partition coefficient (Wildman–Crippen LogP) is 3.88. The highest BCUT2D eigenvalue weighted by atomic mass is 16.1. The summed E-state index contributed by atoms with van der Waals surface area (Å²) in [6.07, 6.45) is 5.30. The number of nitrogens with two attached hydrogens (primary N) is 1. The number of hydrogen-bond acceptors (Lipinski definition) is 4. The van der Waals surface area contributed by atoms with E-state index in [0.29, 0.717) is 12.4 Å². The molecule has 2 aliphatic rings. The van der Waals surface area contributed by atoms with Gasteiger partial charge in [-0.25, -0.2) is 4.98 Å². The molecule has 0 spiro atoms. The normalized spacial score (nSPS) is 15.7. The summed E-state index contributed by atoms with van der Waals surface area (Å²) in [7, 11) is 2.20. The quantitative estimate of drug-likeness (QED) is 0.684. The standard InChI is InChI=1S/C25H26N4O/c1-29(21-7-8-21)15-16-2-4-17(5-3-16)20-13-23(24(26)28-14-20)18-6-9-22-19(12-18)10-11-27-25(22)30/h2-6,9,12-14,21H,7-8,10-11,15H2,1H3,(H2,26,28)(H,27,30). The summed E-state index contributed by atoms with van der Waals surface area (Å²) in [6.45, 7) is 1.66. The van der Waals surface area contributed by atoms with Gasteiger partial charge in [0.25, 0.3) is 5.91 Å². The Labute approximate surface area is 176 Å². The average Bonchev–Trinajstić information content (AvgIpc) is 3.60. The molecule has 1 aliphatic carbocycles. The van der Waals surface area contributed by atoms with Crippen LogP contribution < -0.4 is 11.1 Å². The van der Waals surface area contributed by atoms with Crippen molar-refractivity contribution in [3.63, 3.8) is 0 Å². The molecule has 0 bridgehead atoms. The van der Waals surface area contributed by atoms with Crippen molar-refractivity contribution in [2.45, 2.75) is 31.8 Å². The van der Waals surface area contributed by atoms with Gasteiger partial charge in [-0.3, -0.25) is 9.69 Å². The van der Waals surface area contributed by atoms with Gasteiger partial charge in [-0.15, -0.1) is 0 Å². The molecule has 5 nitrogen and oxygen atoms in total. The number of benzene rings is 2. The number of aromatic nitrogens is 1. The minimum Gasteiger partial charge on any atom is -0.383 e. The fraction of sp³-hybridized carbons (Fsp3) is 0.280. The zero-order valence-corrected chi connectivity index (χ0v) is 17.2. The summed E-state index contributed by atoms with van der Waals surface area (Å²) in [4.78, 5) is 18.9. The molecule has 0 saturated heterocycles. The summed E-state index contributed by atoms with van der Waals surface area (Å²) in [5.41, 5.74) is 13.4. The van der Waals surface area contributed by atoms with Crippen LogP contribution in [0.15, 0.2) is 54.7 Å². The maximum atomic E-state index is 12.0. The Balaban J connectivity index is 1.43. The largest absolute Gasteiger partial charge is 0.383 e. The molecule has 1 fully saturated rings. The first-order valence-corrected chi connectivity index (χ1v) is 10.5. The second kappa shape index (κ2) is 7.58. The minimum absolute atomic E-state index is 0.00457. The first kappa shape index (κ1) is 18.8. The number of carbonyl (C=O) groups excluding carboxylic acids is 1. The molecule has 152 valence electrons. The molecule has 0 radical (unpaired) electrons. The lowest BCUT2D eigenvalue weighted by Crippen LogP contribution is -2.31. The monoisotopic (exact) mass is 398 g/mol. The number of rotatable bonds is 5. The maximum Gasteiger partial charge on any atom is 0.251 e. The molecule has 30 heavy (non-hydrogen) atoms. The molecule has 0 atom stereocenters. The fourth-order valence-corrected chi connectivity index (χ4v) is 4.19. The number of pyridine rings is 1. The third kappa shape index (κ3) is 3.68. The third-order valence-corrected chi connectivity index (χ3v) is 6.15. The van der Waals surface area contributed by atoms with Gasteiger partial charge in [0, 0.05) is 42.0 Å². The van der Waals surface area contributed by atoms with Crippen LogP contribution in [-0.2, 0) is 13.0 Å². The van der Waals surface area contributed by atoms with E-state index in [1.165, 1.54) is 18.4 Å². The number of carbonyl (C=O) groups is 1. The topological polar surface area (TPSA) is 71.2 Å². The van der Waals surface area contributed by atoms with Crippen LogP contribution in [0.2, 0.25) is 0 Å². The van der Waals surface area contributed by atoms with Crippen LogP contribution >= 0.6 is 0 Å². The molecule has 0 unspecified atom stereocenters. The Bertz CT molecular complexity index is 1100. The number of hydrogen-bond donors (Lipinski definition) is 2.